The molecule has 2 heterocycles. The van der Waals surface area contributed by atoms with E-state index < -0.39 is 5.97 Å². The predicted molar refractivity (Wildman–Crippen MR) is 55.6 cm³/mol. The van der Waals surface area contributed by atoms with Crippen LogP contribution in [-0.2, 0) is 4.79 Å². The van der Waals surface area contributed by atoms with Crippen LogP contribution in [0, 0.1) is 5.92 Å². The van der Waals surface area contributed by atoms with Crippen molar-refractivity contribution in [3.05, 3.63) is 11.9 Å². The van der Waals surface area contributed by atoms with Crippen LogP contribution in [0.5, 0.6) is 0 Å². The molecule has 2 rings (SSSR count). The number of hydrogen-bond acceptors (Lipinski definition) is 5. The summed E-state index contributed by atoms with van der Waals surface area (Å²) in [4.78, 5) is 10.6. The number of nitrogens with one attached hydrogen (secondary N) is 1. The molecule has 0 aliphatic carbocycles. The lowest BCUT2D eigenvalue weighted by atomic mass is 9.89. The quantitative estimate of drug-likeness (QED) is 0.807. The number of hydrogen-bond donors (Lipinski definition) is 2. The summed E-state index contributed by atoms with van der Waals surface area (Å²) in [5.41, 5.74) is 0.940. The number of carboxylic acid groups (broad SMARTS) is 1. The summed E-state index contributed by atoms with van der Waals surface area (Å²) in [7, 11) is 0. The first-order valence-corrected chi connectivity index (χ1v) is 5.71. The summed E-state index contributed by atoms with van der Waals surface area (Å²) < 4.78 is 8.13. The second-order valence-corrected chi connectivity index (χ2v) is 4.38. The minimum absolute atomic E-state index is 0.182. The zero-order chi connectivity index (χ0) is 10.7. The lowest BCUT2D eigenvalue weighted by Gasteiger charge is -2.28. The normalized spacial score (nSPS) is 26.4. The molecule has 1 aromatic rings. The highest BCUT2D eigenvalue weighted by atomic mass is 32.1. The zero-order valence-corrected chi connectivity index (χ0v) is 9.04. The average Bonchev–Trinajstić information content (AvgIpc) is 2.69. The molecule has 2 atom stereocenters. The third kappa shape index (κ3) is 2.73. The van der Waals surface area contributed by atoms with Gasteiger partial charge >= 0.3 is 5.97 Å². The summed E-state index contributed by atoms with van der Waals surface area (Å²) in [6, 6.07) is 0.182. The van der Waals surface area contributed by atoms with Crippen molar-refractivity contribution in [2.24, 2.45) is 5.92 Å². The fourth-order valence-corrected chi connectivity index (χ4v) is 2.45. The number of rotatable bonds is 3. The Hall–Kier alpha value is -1.01. The molecule has 0 amide bonds. The maximum atomic E-state index is 10.6. The van der Waals surface area contributed by atoms with Gasteiger partial charge in [0.15, 0.2) is 0 Å². The number of aromatic nitrogens is 2. The molecule has 1 aliphatic rings. The van der Waals surface area contributed by atoms with Gasteiger partial charge in [-0.05, 0) is 25.3 Å². The van der Waals surface area contributed by atoms with E-state index in [2.05, 4.69) is 14.1 Å². The number of carboxylic acids is 1. The van der Waals surface area contributed by atoms with Gasteiger partial charge in [-0.15, -0.1) is 0 Å². The van der Waals surface area contributed by atoms with Crippen molar-refractivity contribution < 1.29 is 9.90 Å². The van der Waals surface area contributed by atoms with E-state index >= 15 is 0 Å². The smallest absolute Gasteiger partial charge is 0.303 e. The minimum atomic E-state index is -0.711. The van der Waals surface area contributed by atoms with E-state index in [4.69, 9.17) is 5.11 Å². The van der Waals surface area contributed by atoms with Gasteiger partial charge in [0, 0.05) is 6.42 Å². The van der Waals surface area contributed by atoms with Crippen LogP contribution in [0.25, 0.3) is 0 Å². The first kappa shape index (κ1) is 10.5. The van der Waals surface area contributed by atoms with Gasteiger partial charge in [0.1, 0.15) is 0 Å². The fourth-order valence-electron chi connectivity index (χ4n) is 1.98. The van der Waals surface area contributed by atoms with Crippen molar-refractivity contribution in [2.45, 2.75) is 25.3 Å². The highest BCUT2D eigenvalue weighted by Gasteiger charge is 2.25. The number of aliphatic carboxylic acids is 1. The lowest BCUT2D eigenvalue weighted by Crippen LogP contribution is -2.32. The Morgan fingerprint density at radius 1 is 1.73 bits per heavy atom. The van der Waals surface area contributed by atoms with Crippen LogP contribution in [0.4, 0.5) is 0 Å². The molecule has 0 spiro atoms. The molecule has 1 fully saturated rings. The van der Waals surface area contributed by atoms with Gasteiger partial charge in [-0.1, -0.05) is 0 Å². The predicted octanol–water partition coefficient (Wildman–Crippen LogP) is 1.05. The maximum Gasteiger partial charge on any atom is 0.303 e. The topological polar surface area (TPSA) is 75.1 Å². The van der Waals surface area contributed by atoms with Gasteiger partial charge in [-0.25, -0.2) is 0 Å². The maximum absolute atomic E-state index is 10.6. The van der Waals surface area contributed by atoms with E-state index in [-0.39, 0.29) is 18.4 Å². The Morgan fingerprint density at radius 3 is 3.27 bits per heavy atom. The van der Waals surface area contributed by atoms with Crippen molar-refractivity contribution >= 4 is 17.7 Å². The average molecular weight is 227 g/mol. The van der Waals surface area contributed by atoms with Gasteiger partial charge in [0.2, 0.25) is 0 Å². The van der Waals surface area contributed by atoms with Crippen molar-refractivity contribution in [2.75, 3.05) is 6.54 Å². The molecular weight excluding hydrogens is 214 g/mol. The Balaban J connectivity index is 1.95. The van der Waals surface area contributed by atoms with Crippen LogP contribution in [0.1, 0.15) is 31.0 Å². The summed E-state index contributed by atoms with van der Waals surface area (Å²) in [5, 5.41) is 12.1. The molecule has 0 aromatic carbocycles. The molecule has 5 nitrogen and oxygen atoms in total. The third-order valence-corrected chi connectivity index (χ3v) is 3.20. The lowest BCUT2D eigenvalue weighted by molar-refractivity contribution is -0.138. The Labute approximate surface area is 91.8 Å². The van der Waals surface area contributed by atoms with Crippen molar-refractivity contribution in [3.8, 4) is 0 Å². The van der Waals surface area contributed by atoms with Gasteiger partial charge in [0.25, 0.3) is 0 Å². The Bertz CT molecular complexity index is 328. The van der Waals surface area contributed by atoms with Crippen LogP contribution in [-0.4, -0.2) is 26.4 Å². The van der Waals surface area contributed by atoms with E-state index in [9.17, 15) is 4.79 Å². The molecular formula is C9H13N3O2S. The molecule has 0 radical (unpaired) electrons. The van der Waals surface area contributed by atoms with E-state index in [0.717, 1.165) is 25.1 Å². The summed E-state index contributed by atoms with van der Waals surface area (Å²) in [6.07, 6.45) is 3.79. The van der Waals surface area contributed by atoms with E-state index in [1.165, 1.54) is 11.7 Å². The van der Waals surface area contributed by atoms with Crippen molar-refractivity contribution in [1.82, 2.24) is 14.1 Å². The number of nitrogens with zero attached hydrogens (tertiary/aromatic N) is 2. The van der Waals surface area contributed by atoms with E-state index in [0.29, 0.717) is 0 Å². The molecule has 1 aliphatic heterocycles. The van der Waals surface area contributed by atoms with Crippen LogP contribution >= 0.6 is 11.7 Å². The highest BCUT2D eigenvalue weighted by Crippen LogP contribution is 2.28. The van der Waals surface area contributed by atoms with Crippen molar-refractivity contribution in [3.63, 3.8) is 0 Å². The molecule has 1 saturated heterocycles. The monoisotopic (exact) mass is 227 g/mol. The van der Waals surface area contributed by atoms with Gasteiger partial charge in [-0.3, -0.25) is 4.79 Å². The van der Waals surface area contributed by atoms with Crippen molar-refractivity contribution in [1.29, 1.82) is 0 Å². The molecule has 0 bridgehead atoms. The standard InChI is InChI=1S/C9H13N3O2S/c13-9(14)4-6-1-2-10-7(3-6)8-5-11-15-12-8/h5-7,10H,1-4H2,(H,13,14). The summed E-state index contributed by atoms with van der Waals surface area (Å²) >= 11 is 1.19. The van der Waals surface area contributed by atoms with E-state index in [1.807, 2.05) is 0 Å². The number of carbonyl (C=O) groups is 1. The minimum Gasteiger partial charge on any atom is -0.481 e. The van der Waals surface area contributed by atoms with Gasteiger partial charge in [0.05, 0.1) is 29.7 Å². The first-order chi connectivity index (χ1) is 7.25. The first-order valence-electron chi connectivity index (χ1n) is 4.98. The molecule has 15 heavy (non-hydrogen) atoms. The van der Waals surface area contributed by atoms with Gasteiger partial charge in [-0.2, -0.15) is 8.75 Å². The Morgan fingerprint density at radius 2 is 2.60 bits per heavy atom. The zero-order valence-electron chi connectivity index (χ0n) is 8.22. The number of piperidine rings is 1. The third-order valence-electron chi connectivity index (χ3n) is 2.71. The van der Waals surface area contributed by atoms with Crippen LogP contribution in [0.15, 0.2) is 6.20 Å². The Kier molecular flexibility index (Phi) is 3.27. The second kappa shape index (κ2) is 4.67. The summed E-state index contributed by atoms with van der Waals surface area (Å²) in [5.74, 6) is -0.451. The molecule has 0 saturated carbocycles. The molecule has 2 unspecified atom stereocenters. The van der Waals surface area contributed by atoms with Crippen LogP contribution in [0.3, 0.4) is 0 Å². The van der Waals surface area contributed by atoms with Gasteiger partial charge < -0.3 is 10.4 Å². The SMILES string of the molecule is O=C(O)CC1CCNC(c2cnsn2)C1. The molecule has 6 heteroatoms. The molecule has 2 N–H and O–H groups in total. The fraction of sp³-hybridized carbons (Fsp3) is 0.667. The highest BCUT2D eigenvalue weighted by molar-refractivity contribution is 6.99. The molecule has 1 aromatic heterocycles. The summed E-state index contributed by atoms with van der Waals surface area (Å²) in [6.45, 7) is 0.861. The molecule has 82 valence electrons. The van der Waals surface area contributed by atoms with E-state index in [1.54, 1.807) is 6.20 Å². The largest absolute Gasteiger partial charge is 0.481 e. The van der Waals surface area contributed by atoms with Crippen LogP contribution < -0.4 is 5.32 Å². The van der Waals surface area contributed by atoms with Crippen LogP contribution in [0.2, 0.25) is 0 Å². The second-order valence-electron chi connectivity index (χ2n) is 3.83.